The molecule has 4 atom stereocenters. The summed E-state index contributed by atoms with van der Waals surface area (Å²) < 4.78 is 0. The zero-order chi connectivity index (χ0) is 23.6. The van der Waals surface area contributed by atoms with Crippen LogP contribution in [0.2, 0.25) is 0 Å². The number of hydrogen-bond acceptors (Lipinski definition) is 8. The number of carbonyl (C=O) groups excluding carboxylic acids is 4. The van der Waals surface area contributed by atoms with Crippen molar-refractivity contribution in [3.63, 3.8) is 0 Å². The number of primary amides is 1. The SMILES string of the molecule is CC(O)C(NC(=O)CNC(=O)C(N)CCC(N)=O)C(=O)NC(Cc1cnc[nH]1)C(=O)O. The molecule has 0 saturated heterocycles. The van der Waals surface area contributed by atoms with Crippen LogP contribution in [0.25, 0.3) is 0 Å². The molecule has 0 saturated carbocycles. The first-order valence-corrected chi connectivity index (χ1v) is 9.30. The van der Waals surface area contributed by atoms with E-state index in [1.165, 1.54) is 19.4 Å². The van der Waals surface area contributed by atoms with Gasteiger partial charge in [-0.25, -0.2) is 9.78 Å². The molecule has 1 aromatic rings. The van der Waals surface area contributed by atoms with E-state index in [9.17, 15) is 34.2 Å². The van der Waals surface area contributed by atoms with Crippen molar-refractivity contribution >= 4 is 29.6 Å². The van der Waals surface area contributed by atoms with Crippen LogP contribution in [0.1, 0.15) is 25.5 Å². The van der Waals surface area contributed by atoms with Crippen LogP contribution in [-0.2, 0) is 30.4 Å². The first kappa shape index (κ1) is 25.5. The minimum Gasteiger partial charge on any atom is -0.480 e. The summed E-state index contributed by atoms with van der Waals surface area (Å²) in [5, 5.41) is 25.8. The molecule has 0 spiro atoms. The lowest BCUT2D eigenvalue weighted by Crippen LogP contribution is -2.57. The van der Waals surface area contributed by atoms with E-state index in [0.29, 0.717) is 5.69 Å². The molecule has 1 aromatic heterocycles. The summed E-state index contributed by atoms with van der Waals surface area (Å²) >= 11 is 0. The number of hydrogen-bond donors (Lipinski definition) is 8. The quantitative estimate of drug-likeness (QED) is 0.149. The fourth-order valence-corrected chi connectivity index (χ4v) is 2.43. The molecular weight excluding hydrogens is 414 g/mol. The van der Waals surface area contributed by atoms with E-state index in [1.54, 1.807) is 0 Å². The lowest BCUT2D eigenvalue weighted by atomic mass is 10.1. The number of amides is 4. The van der Waals surface area contributed by atoms with Crippen LogP contribution >= 0.6 is 0 Å². The summed E-state index contributed by atoms with van der Waals surface area (Å²) in [5.41, 5.74) is 11.0. The van der Waals surface area contributed by atoms with Gasteiger partial charge in [0, 0.05) is 24.7 Å². The van der Waals surface area contributed by atoms with Crippen molar-refractivity contribution in [2.45, 2.75) is 50.4 Å². The van der Waals surface area contributed by atoms with Crippen molar-refractivity contribution in [3.05, 3.63) is 18.2 Å². The second-order valence-electron chi connectivity index (χ2n) is 6.80. The van der Waals surface area contributed by atoms with Gasteiger partial charge in [-0.05, 0) is 13.3 Å². The predicted molar refractivity (Wildman–Crippen MR) is 105 cm³/mol. The van der Waals surface area contributed by atoms with E-state index < -0.39 is 60.4 Å². The van der Waals surface area contributed by atoms with Gasteiger partial charge >= 0.3 is 5.97 Å². The van der Waals surface area contributed by atoms with Crippen molar-refractivity contribution in [2.75, 3.05) is 6.54 Å². The minimum atomic E-state index is -1.48. The van der Waals surface area contributed by atoms with Gasteiger partial charge < -0.3 is 42.6 Å². The fraction of sp³-hybridized carbons (Fsp3) is 0.529. The number of carbonyl (C=O) groups is 5. The number of aromatic nitrogens is 2. The number of aromatic amines is 1. The van der Waals surface area contributed by atoms with Gasteiger partial charge in [0.2, 0.25) is 23.6 Å². The molecule has 0 fully saturated rings. The summed E-state index contributed by atoms with van der Waals surface area (Å²) in [6.45, 7) is 0.670. The Bertz CT molecular complexity index is 782. The number of H-pyrrole nitrogens is 1. The Balaban J connectivity index is 2.62. The van der Waals surface area contributed by atoms with E-state index in [-0.39, 0.29) is 19.3 Å². The molecule has 0 radical (unpaired) electrons. The van der Waals surface area contributed by atoms with Gasteiger partial charge in [0.1, 0.15) is 12.1 Å². The average Bonchev–Trinajstić information content (AvgIpc) is 3.20. The Morgan fingerprint density at radius 1 is 1.19 bits per heavy atom. The minimum absolute atomic E-state index is 0.00556. The number of nitrogens with zero attached hydrogens (tertiary/aromatic N) is 1. The summed E-state index contributed by atoms with van der Waals surface area (Å²) in [6.07, 6.45) is 1.18. The largest absolute Gasteiger partial charge is 0.480 e. The van der Waals surface area contributed by atoms with Crippen LogP contribution in [0.15, 0.2) is 12.5 Å². The highest BCUT2D eigenvalue weighted by molar-refractivity contribution is 5.93. The van der Waals surface area contributed by atoms with Crippen LogP contribution in [-0.4, -0.2) is 80.6 Å². The summed E-state index contributed by atoms with van der Waals surface area (Å²) in [4.78, 5) is 64.9. The van der Waals surface area contributed by atoms with E-state index in [4.69, 9.17) is 11.5 Å². The third kappa shape index (κ3) is 9.22. The van der Waals surface area contributed by atoms with E-state index >= 15 is 0 Å². The monoisotopic (exact) mass is 441 g/mol. The number of rotatable bonds is 13. The molecule has 4 unspecified atom stereocenters. The number of nitrogens with two attached hydrogens (primary N) is 2. The molecule has 0 aliphatic carbocycles. The highest BCUT2D eigenvalue weighted by Crippen LogP contribution is 2.01. The maximum atomic E-state index is 12.4. The normalized spacial score (nSPS) is 14.5. The topological polar surface area (TPSA) is 243 Å². The van der Waals surface area contributed by atoms with Gasteiger partial charge in [-0.15, -0.1) is 0 Å². The van der Waals surface area contributed by atoms with Gasteiger partial charge in [0.15, 0.2) is 0 Å². The molecule has 0 aliphatic heterocycles. The standard InChI is InChI=1S/C17H27N7O7/c1-8(25)14(16(29)23-11(17(30)31)4-9-5-20-7-22-9)24-13(27)6-21-15(28)10(18)2-3-12(19)26/h5,7-8,10-11,14,25H,2-4,6,18H2,1H3,(H2,19,26)(H,20,22)(H,21,28)(H,23,29)(H,24,27)(H,30,31). The van der Waals surface area contributed by atoms with E-state index in [2.05, 4.69) is 25.9 Å². The Morgan fingerprint density at radius 2 is 1.87 bits per heavy atom. The lowest BCUT2D eigenvalue weighted by Gasteiger charge is -2.23. The zero-order valence-electron chi connectivity index (χ0n) is 16.8. The molecule has 4 amide bonds. The summed E-state index contributed by atoms with van der Waals surface area (Å²) in [7, 11) is 0. The first-order valence-electron chi connectivity index (χ1n) is 9.30. The molecule has 172 valence electrons. The van der Waals surface area contributed by atoms with Crippen LogP contribution < -0.4 is 27.4 Å². The van der Waals surface area contributed by atoms with Gasteiger partial charge in [-0.3, -0.25) is 19.2 Å². The van der Waals surface area contributed by atoms with Gasteiger partial charge in [-0.1, -0.05) is 0 Å². The highest BCUT2D eigenvalue weighted by Gasteiger charge is 2.30. The molecule has 31 heavy (non-hydrogen) atoms. The summed E-state index contributed by atoms with van der Waals surface area (Å²) in [5.74, 6) is -4.41. The van der Waals surface area contributed by atoms with Crippen LogP contribution in [0.5, 0.6) is 0 Å². The third-order valence-corrected chi connectivity index (χ3v) is 4.14. The number of aliphatic carboxylic acids is 1. The van der Waals surface area contributed by atoms with Gasteiger partial charge in [-0.2, -0.15) is 0 Å². The molecule has 14 nitrogen and oxygen atoms in total. The van der Waals surface area contributed by atoms with Crippen molar-refractivity contribution in [1.29, 1.82) is 0 Å². The Labute approximate surface area is 177 Å². The molecule has 10 N–H and O–H groups in total. The maximum Gasteiger partial charge on any atom is 0.326 e. The molecule has 1 rings (SSSR count). The fourth-order valence-electron chi connectivity index (χ4n) is 2.43. The second kappa shape index (κ2) is 12.2. The van der Waals surface area contributed by atoms with Crippen molar-refractivity contribution in [2.24, 2.45) is 11.5 Å². The zero-order valence-corrected chi connectivity index (χ0v) is 16.8. The van der Waals surface area contributed by atoms with E-state index in [1.807, 2.05) is 0 Å². The number of aliphatic hydroxyl groups excluding tert-OH is 1. The average molecular weight is 441 g/mol. The van der Waals surface area contributed by atoms with Crippen molar-refractivity contribution < 1.29 is 34.2 Å². The number of carboxylic acids is 1. The van der Waals surface area contributed by atoms with Crippen LogP contribution in [0.3, 0.4) is 0 Å². The number of imidazole rings is 1. The molecule has 0 aromatic carbocycles. The Kier molecular flexibility index (Phi) is 10.1. The molecular formula is C17H27N7O7. The highest BCUT2D eigenvalue weighted by atomic mass is 16.4. The van der Waals surface area contributed by atoms with Crippen LogP contribution in [0, 0.1) is 0 Å². The number of aliphatic hydroxyl groups is 1. The smallest absolute Gasteiger partial charge is 0.326 e. The van der Waals surface area contributed by atoms with Gasteiger partial charge in [0.25, 0.3) is 0 Å². The predicted octanol–water partition coefficient (Wildman–Crippen LogP) is -3.90. The Hall–Kier alpha value is -3.52. The Morgan fingerprint density at radius 3 is 2.39 bits per heavy atom. The number of nitrogens with one attached hydrogen (secondary N) is 4. The lowest BCUT2D eigenvalue weighted by molar-refractivity contribution is -0.143. The molecule has 0 bridgehead atoms. The summed E-state index contributed by atoms with van der Waals surface area (Å²) in [6, 6.07) is -3.87. The van der Waals surface area contributed by atoms with Crippen molar-refractivity contribution in [3.8, 4) is 0 Å². The second-order valence-corrected chi connectivity index (χ2v) is 6.80. The molecule has 0 aliphatic rings. The van der Waals surface area contributed by atoms with Crippen molar-refractivity contribution in [1.82, 2.24) is 25.9 Å². The molecule has 14 heteroatoms. The first-order chi connectivity index (χ1) is 14.5. The molecule has 1 heterocycles. The van der Waals surface area contributed by atoms with Crippen LogP contribution in [0.4, 0.5) is 0 Å². The number of carboxylic acid groups (broad SMARTS) is 1. The van der Waals surface area contributed by atoms with Gasteiger partial charge in [0.05, 0.1) is 25.0 Å². The maximum absolute atomic E-state index is 12.4. The van der Waals surface area contributed by atoms with E-state index in [0.717, 1.165) is 0 Å². The third-order valence-electron chi connectivity index (χ3n) is 4.14.